The van der Waals surface area contributed by atoms with Crippen LogP contribution in [0.25, 0.3) is 0 Å². The van der Waals surface area contributed by atoms with Gasteiger partial charge in [0.1, 0.15) is 5.82 Å². The molecule has 0 saturated carbocycles. The van der Waals surface area contributed by atoms with Crippen molar-refractivity contribution in [1.29, 1.82) is 0 Å². The van der Waals surface area contributed by atoms with Crippen molar-refractivity contribution < 1.29 is 0 Å². The Morgan fingerprint density at radius 2 is 2.06 bits per heavy atom. The number of nitrogens with one attached hydrogen (secondary N) is 1. The first-order valence-corrected chi connectivity index (χ1v) is 5.76. The second kappa shape index (κ2) is 4.61. The molecule has 0 saturated heterocycles. The zero-order chi connectivity index (χ0) is 11.5. The number of aryl methyl sites for hydroxylation is 1. The van der Waals surface area contributed by atoms with Gasteiger partial charge in [0.15, 0.2) is 4.77 Å². The summed E-state index contributed by atoms with van der Waals surface area (Å²) in [5.41, 5.74) is 1.32. The number of hydrogen-bond acceptors (Lipinski definition) is 2. The lowest BCUT2D eigenvalue weighted by Crippen LogP contribution is -2.10. The maximum Gasteiger partial charge on any atom is 0.195 e. The number of hydrogen-bond donors (Lipinski definition) is 1. The SMILES string of the molecule is Cc1n[nH]c(=S)n1C(C)Cc1ccccc1. The molecule has 0 aliphatic heterocycles. The largest absolute Gasteiger partial charge is 0.301 e. The van der Waals surface area contributed by atoms with Gasteiger partial charge in [-0.05, 0) is 38.0 Å². The van der Waals surface area contributed by atoms with Crippen molar-refractivity contribution in [2.24, 2.45) is 0 Å². The Morgan fingerprint density at radius 3 is 2.62 bits per heavy atom. The van der Waals surface area contributed by atoms with Crippen LogP contribution in [0.15, 0.2) is 30.3 Å². The van der Waals surface area contributed by atoms with E-state index in [0.29, 0.717) is 10.8 Å². The average Bonchev–Trinajstić information content (AvgIpc) is 2.60. The van der Waals surface area contributed by atoms with E-state index in [2.05, 4.69) is 46.0 Å². The van der Waals surface area contributed by atoms with Crippen LogP contribution in [0.1, 0.15) is 24.4 Å². The minimum atomic E-state index is 0.327. The monoisotopic (exact) mass is 233 g/mol. The third-order valence-electron chi connectivity index (χ3n) is 2.70. The fraction of sp³-hybridized carbons (Fsp3) is 0.333. The molecule has 4 heteroatoms. The van der Waals surface area contributed by atoms with Crippen LogP contribution in [-0.2, 0) is 6.42 Å². The smallest absolute Gasteiger partial charge is 0.195 e. The lowest BCUT2D eigenvalue weighted by atomic mass is 10.1. The Labute approximate surface area is 100 Å². The van der Waals surface area contributed by atoms with Crippen molar-refractivity contribution >= 4 is 12.2 Å². The normalized spacial score (nSPS) is 12.6. The highest BCUT2D eigenvalue weighted by molar-refractivity contribution is 7.71. The van der Waals surface area contributed by atoms with E-state index in [9.17, 15) is 0 Å². The Morgan fingerprint density at radius 1 is 1.38 bits per heavy atom. The molecule has 0 aliphatic carbocycles. The molecular weight excluding hydrogens is 218 g/mol. The summed E-state index contributed by atoms with van der Waals surface area (Å²) >= 11 is 5.21. The van der Waals surface area contributed by atoms with Crippen LogP contribution in [0, 0.1) is 11.7 Å². The van der Waals surface area contributed by atoms with Gasteiger partial charge in [-0.15, -0.1) is 0 Å². The van der Waals surface area contributed by atoms with E-state index >= 15 is 0 Å². The molecule has 84 valence electrons. The van der Waals surface area contributed by atoms with E-state index in [0.717, 1.165) is 12.2 Å². The summed E-state index contributed by atoms with van der Waals surface area (Å²) in [6.07, 6.45) is 0.968. The van der Waals surface area contributed by atoms with Crippen molar-refractivity contribution in [1.82, 2.24) is 14.8 Å². The second-order valence-corrected chi connectivity index (χ2v) is 4.37. The zero-order valence-electron chi connectivity index (χ0n) is 9.47. The molecule has 0 fully saturated rings. The van der Waals surface area contributed by atoms with Crippen LogP contribution >= 0.6 is 12.2 Å². The molecule has 1 heterocycles. The van der Waals surface area contributed by atoms with E-state index < -0.39 is 0 Å². The molecule has 0 spiro atoms. The van der Waals surface area contributed by atoms with Gasteiger partial charge in [-0.1, -0.05) is 30.3 Å². The molecule has 1 unspecified atom stereocenters. The first kappa shape index (κ1) is 11.1. The van der Waals surface area contributed by atoms with Gasteiger partial charge in [-0.25, -0.2) is 0 Å². The Bertz CT molecular complexity index is 513. The minimum Gasteiger partial charge on any atom is -0.301 e. The van der Waals surface area contributed by atoms with Gasteiger partial charge < -0.3 is 4.57 Å². The summed E-state index contributed by atoms with van der Waals surface area (Å²) in [4.78, 5) is 0. The van der Waals surface area contributed by atoms with E-state index in [1.165, 1.54) is 5.56 Å². The summed E-state index contributed by atoms with van der Waals surface area (Å²) in [5, 5.41) is 6.94. The number of aromatic nitrogens is 3. The molecule has 2 aromatic rings. The molecule has 3 nitrogen and oxygen atoms in total. The van der Waals surface area contributed by atoms with Gasteiger partial charge in [0.05, 0.1) is 0 Å². The van der Waals surface area contributed by atoms with Gasteiger partial charge in [0.2, 0.25) is 0 Å². The molecular formula is C12H15N3S. The average molecular weight is 233 g/mol. The van der Waals surface area contributed by atoms with E-state index in [1.807, 2.05) is 13.0 Å². The lowest BCUT2D eigenvalue weighted by Gasteiger charge is -2.14. The first-order valence-electron chi connectivity index (χ1n) is 5.36. The summed E-state index contributed by atoms with van der Waals surface area (Å²) in [7, 11) is 0. The molecule has 16 heavy (non-hydrogen) atoms. The second-order valence-electron chi connectivity index (χ2n) is 3.98. The molecule has 1 aromatic heterocycles. The molecule has 0 radical (unpaired) electrons. The predicted octanol–water partition coefficient (Wildman–Crippen LogP) is 3.05. The quantitative estimate of drug-likeness (QED) is 0.827. The van der Waals surface area contributed by atoms with E-state index in [1.54, 1.807) is 0 Å². The molecule has 0 bridgehead atoms. The fourth-order valence-corrected chi connectivity index (χ4v) is 2.31. The van der Waals surface area contributed by atoms with Crippen LogP contribution in [0.5, 0.6) is 0 Å². The molecule has 0 amide bonds. The number of rotatable bonds is 3. The maximum atomic E-state index is 5.21. The molecule has 1 atom stereocenters. The fourth-order valence-electron chi connectivity index (χ4n) is 1.95. The summed E-state index contributed by atoms with van der Waals surface area (Å²) in [5.74, 6) is 0.938. The minimum absolute atomic E-state index is 0.327. The Kier molecular flexibility index (Phi) is 3.19. The number of nitrogens with zero attached hydrogens (tertiary/aromatic N) is 2. The third kappa shape index (κ3) is 2.22. The van der Waals surface area contributed by atoms with Gasteiger partial charge in [-0.3, -0.25) is 5.10 Å². The highest BCUT2D eigenvalue weighted by Crippen LogP contribution is 2.15. The van der Waals surface area contributed by atoms with Crippen LogP contribution in [0.3, 0.4) is 0 Å². The Hall–Kier alpha value is -1.42. The highest BCUT2D eigenvalue weighted by Gasteiger charge is 2.10. The van der Waals surface area contributed by atoms with Crippen molar-refractivity contribution in [3.8, 4) is 0 Å². The van der Waals surface area contributed by atoms with E-state index in [4.69, 9.17) is 12.2 Å². The summed E-state index contributed by atoms with van der Waals surface area (Å²) < 4.78 is 2.75. The number of aromatic amines is 1. The predicted molar refractivity (Wildman–Crippen MR) is 67.0 cm³/mol. The molecule has 2 rings (SSSR count). The Balaban J connectivity index is 2.21. The number of H-pyrrole nitrogens is 1. The summed E-state index contributed by atoms with van der Waals surface area (Å²) in [6, 6.07) is 10.7. The van der Waals surface area contributed by atoms with Gasteiger partial charge in [0.25, 0.3) is 0 Å². The van der Waals surface area contributed by atoms with Crippen molar-refractivity contribution in [3.05, 3.63) is 46.5 Å². The summed E-state index contributed by atoms with van der Waals surface area (Å²) in [6.45, 7) is 4.12. The van der Waals surface area contributed by atoms with Crippen molar-refractivity contribution in [3.63, 3.8) is 0 Å². The standard InChI is InChI=1S/C12H15N3S/c1-9(8-11-6-4-3-5-7-11)15-10(2)13-14-12(15)16/h3-7,9H,8H2,1-2H3,(H,14,16). The van der Waals surface area contributed by atoms with Crippen molar-refractivity contribution in [2.75, 3.05) is 0 Å². The van der Waals surface area contributed by atoms with Gasteiger partial charge in [0, 0.05) is 6.04 Å². The van der Waals surface area contributed by atoms with Crippen LogP contribution in [0.4, 0.5) is 0 Å². The van der Waals surface area contributed by atoms with Crippen molar-refractivity contribution in [2.45, 2.75) is 26.3 Å². The molecule has 0 aliphatic rings. The number of benzene rings is 1. The van der Waals surface area contributed by atoms with Gasteiger partial charge >= 0.3 is 0 Å². The lowest BCUT2D eigenvalue weighted by molar-refractivity contribution is 0.524. The topological polar surface area (TPSA) is 33.6 Å². The maximum absolute atomic E-state index is 5.21. The van der Waals surface area contributed by atoms with E-state index in [-0.39, 0.29) is 0 Å². The highest BCUT2D eigenvalue weighted by atomic mass is 32.1. The first-order chi connectivity index (χ1) is 7.68. The molecule has 1 N–H and O–H groups in total. The van der Waals surface area contributed by atoms with Gasteiger partial charge in [-0.2, -0.15) is 5.10 Å². The van der Waals surface area contributed by atoms with Crippen LogP contribution < -0.4 is 0 Å². The van der Waals surface area contributed by atoms with Crippen LogP contribution in [0.2, 0.25) is 0 Å². The zero-order valence-corrected chi connectivity index (χ0v) is 10.3. The molecule has 1 aromatic carbocycles. The third-order valence-corrected chi connectivity index (χ3v) is 2.98. The van der Waals surface area contributed by atoms with Crippen LogP contribution in [-0.4, -0.2) is 14.8 Å².